The number of nitrogens with one attached hydrogen (secondary N) is 1. The van der Waals surface area contributed by atoms with Crippen LogP contribution < -0.4 is 4.90 Å². The molecule has 2 aromatic carbocycles. The van der Waals surface area contributed by atoms with Gasteiger partial charge in [-0.2, -0.15) is 0 Å². The summed E-state index contributed by atoms with van der Waals surface area (Å²) < 4.78 is 0. The van der Waals surface area contributed by atoms with Crippen LogP contribution in [0.1, 0.15) is 18.1 Å². The van der Waals surface area contributed by atoms with Gasteiger partial charge in [-0.05, 0) is 29.3 Å². The second kappa shape index (κ2) is 5.85. The zero-order valence-corrected chi connectivity index (χ0v) is 17.1. The van der Waals surface area contributed by atoms with Crippen molar-refractivity contribution in [2.45, 2.75) is 18.5 Å². The molecule has 1 fully saturated rings. The van der Waals surface area contributed by atoms with E-state index in [1.807, 2.05) is 60.8 Å². The number of piperazine rings is 1. The fourth-order valence-electron chi connectivity index (χ4n) is 5.50. The predicted octanol–water partition coefficient (Wildman–Crippen LogP) is 2.34. The summed E-state index contributed by atoms with van der Waals surface area (Å²) in [5.41, 5.74) is 3.05. The van der Waals surface area contributed by atoms with Crippen LogP contribution in [0.5, 0.6) is 0 Å². The van der Waals surface area contributed by atoms with E-state index in [2.05, 4.69) is 4.98 Å². The average molecular weight is 412 g/mol. The Kier molecular flexibility index (Phi) is 3.38. The van der Waals surface area contributed by atoms with Crippen molar-refractivity contribution in [1.82, 2.24) is 14.8 Å². The van der Waals surface area contributed by atoms with Crippen molar-refractivity contribution in [3.8, 4) is 0 Å². The highest BCUT2D eigenvalue weighted by atomic mass is 16.2. The summed E-state index contributed by atoms with van der Waals surface area (Å²) in [6, 6.07) is 15.7. The number of para-hydroxylation sites is 2. The summed E-state index contributed by atoms with van der Waals surface area (Å²) in [6.45, 7) is 1.49. The van der Waals surface area contributed by atoms with E-state index in [-0.39, 0.29) is 24.3 Å². The lowest BCUT2D eigenvalue weighted by Gasteiger charge is -2.40. The molecule has 2 atom stereocenters. The van der Waals surface area contributed by atoms with Gasteiger partial charge in [0.15, 0.2) is 0 Å². The zero-order chi connectivity index (χ0) is 21.5. The van der Waals surface area contributed by atoms with Gasteiger partial charge in [-0.3, -0.25) is 24.2 Å². The Morgan fingerprint density at radius 1 is 1.06 bits per heavy atom. The molecule has 1 N–H and O–H groups in total. The summed E-state index contributed by atoms with van der Waals surface area (Å²) in [5.74, 6) is -0.582. The highest BCUT2D eigenvalue weighted by Crippen LogP contribution is 2.57. The molecule has 1 saturated heterocycles. The van der Waals surface area contributed by atoms with Gasteiger partial charge >= 0.3 is 0 Å². The molecule has 7 nitrogen and oxygen atoms in total. The molecular weight excluding hydrogens is 392 g/mol. The van der Waals surface area contributed by atoms with Crippen molar-refractivity contribution in [3.05, 3.63) is 77.6 Å². The second-order valence-corrected chi connectivity index (χ2v) is 8.35. The fourth-order valence-corrected chi connectivity index (χ4v) is 5.50. The first kappa shape index (κ1) is 17.9. The van der Waals surface area contributed by atoms with E-state index in [4.69, 9.17) is 0 Å². The minimum Gasteiger partial charge on any atom is -0.361 e. The molecule has 0 radical (unpaired) electrons. The van der Waals surface area contributed by atoms with Gasteiger partial charge in [-0.25, -0.2) is 0 Å². The van der Waals surface area contributed by atoms with Gasteiger partial charge in [0.25, 0.3) is 5.91 Å². The molecule has 0 aliphatic carbocycles. The largest absolute Gasteiger partial charge is 0.361 e. The van der Waals surface area contributed by atoms with Crippen LogP contribution in [0.4, 0.5) is 5.69 Å². The van der Waals surface area contributed by atoms with Crippen molar-refractivity contribution < 1.29 is 14.4 Å². The molecule has 0 bridgehead atoms. The molecule has 4 heterocycles. The normalized spacial score (nSPS) is 24.4. The van der Waals surface area contributed by atoms with Gasteiger partial charge in [-0.1, -0.05) is 36.4 Å². The number of likely N-dealkylation sites (N-methyl/N-ethyl adjacent to an activating group) is 1. The molecule has 3 aliphatic heterocycles. The summed E-state index contributed by atoms with van der Waals surface area (Å²) in [4.78, 5) is 47.2. The number of fused-ring (bicyclic) bond motifs is 6. The average Bonchev–Trinajstić information content (AvgIpc) is 3.40. The Balaban J connectivity index is 1.74. The molecule has 1 aromatic heterocycles. The van der Waals surface area contributed by atoms with Crippen LogP contribution in [-0.2, 0) is 19.8 Å². The predicted molar refractivity (Wildman–Crippen MR) is 115 cm³/mol. The molecule has 3 aromatic rings. The quantitative estimate of drug-likeness (QED) is 0.667. The number of nitrogens with zero attached hydrogens (tertiary/aromatic N) is 3. The smallest absolute Gasteiger partial charge is 0.270 e. The lowest BCUT2D eigenvalue weighted by atomic mass is 9.74. The number of benzene rings is 2. The van der Waals surface area contributed by atoms with E-state index in [0.29, 0.717) is 5.70 Å². The monoisotopic (exact) mass is 412 g/mol. The molecule has 154 valence electrons. The maximum absolute atomic E-state index is 13.2. The Morgan fingerprint density at radius 3 is 2.61 bits per heavy atom. The first-order valence-corrected chi connectivity index (χ1v) is 10.2. The molecular formula is C24H20N4O3. The summed E-state index contributed by atoms with van der Waals surface area (Å²) in [7, 11) is 1.63. The maximum atomic E-state index is 13.2. The molecule has 0 unspecified atom stereocenters. The number of carbonyl (C=O) groups is 3. The van der Waals surface area contributed by atoms with Crippen molar-refractivity contribution in [1.29, 1.82) is 0 Å². The number of rotatable bonds is 1. The number of hydrogen-bond donors (Lipinski definition) is 1. The number of anilines is 1. The zero-order valence-electron chi connectivity index (χ0n) is 17.1. The van der Waals surface area contributed by atoms with E-state index in [9.17, 15) is 14.4 Å². The van der Waals surface area contributed by atoms with E-state index >= 15 is 0 Å². The van der Waals surface area contributed by atoms with Gasteiger partial charge in [-0.15, -0.1) is 0 Å². The standard InChI is InChI=1S/C24H20N4O3/c1-14(29)27-19-10-6-4-8-16(19)24(17-12-25-18-9-5-3-7-15(17)18)11-20-22(31)26(2)13-21(30)28(20)23(24)27/h3-12,23,25H,13H2,1-2H3/t23-,24-/m1/s1. The summed E-state index contributed by atoms with van der Waals surface area (Å²) in [5, 5.41) is 0.998. The molecule has 3 amide bonds. The van der Waals surface area contributed by atoms with E-state index in [1.54, 1.807) is 11.9 Å². The number of H-pyrrole nitrogens is 1. The van der Waals surface area contributed by atoms with Crippen LogP contribution in [0.15, 0.2) is 66.5 Å². The first-order chi connectivity index (χ1) is 14.9. The van der Waals surface area contributed by atoms with Crippen LogP contribution in [0.3, 0.4) is 0 Å². The molecule has 0 saturated carbocycles. The Labute approximate surface area is 178 Å². The third-order valence-electron chi connectivity index (χ3n) is 6.71. The third kappa shape index (κ3) is 2.05. The lowest BCUT2D eigenvalue weighted by Crippen LogP contribution is -2.59. The van der Waals surface area contributed by atoms with E-state index < -0.39 is 11.6 Å². The third-order valence-corrected chi connectivity index (χ3v) is 6.71. The summed E-state index contributed by atoms with van der Waals surface area (Å²) >= 11 is 0. The van der Waals surface area contributed by atoms with Crippen molar-refractivity contribution in [2.24, 2.45) is 0 Å². The van der Waals surface area contributed by atoms with Crippen molar-refractivity contribution >= 4 is 34.3 Å². The fraction of sp³-hybridized carbons (Fsp3) is 0.208. The van der Waals surface area contributed by atoms with Gasteiger partial charge < -0.3 is 9.88 Å². The Bertz CT molecular complexity index is 1340. The maximum Gasteiger partial charge on any atom is 0.270 e. The van der Waals surface area contributed by atoms with Crippen LogP contribution >= 0.6 is 0 Å². The number of amides is 3. The van der Waals surface area contributed by atoms with Gasteiger partial charge in [0.2, 0.25) is 11.8 Å². The minimum atomic E-state index is -0.853. The number of aromatic amines is 1. The van der Waals surface area contributed by atoms with Crippen LogP contribution in [0.25, 0.3) is 10.9 Å². The van der Waals surface area contributed by atoms with Crippen molar-refractivity contribution in [3.63, 3.8) is 0 Å². The Morgan fingerprint density at radius 2 is 1.81 bits per heavy atom. The topological polar surface area (TPSA) is 76.7 Å². The van der Waals surface area contributed by atoms with E-state index in [1.165, 1.54) is 16.7 Å². The SMILES string of the molecule is CC(=O)N1c2ccccc2[C@@]2(c3c[nH]c4ccccc34)C=C3C(=O)N(C)CC(=O)N3[C@@H]12. The van der Waals surface area contributed by atoms with Crippen LogP contribution in [0, 0.1) is 0 Å². The van der Waals surface area contributed by atoms with Gasteiger partial charge in [0.05, 0.1) is 11.1 Å². The lowest BCUT2D eigenvalue weighted by molar-refractivity contribution is -0.145. The first-order valence-electron chi connectivity index (χ1n) is 10.2. The summed E-state index contributed by atoms with van der Waals surface area (Å²) in [6.07, 6.45) is 3.17. The number of aromatic nitrogens is 1. The molecule has 0 spiro atoms. The highest BCUT2D eigenvalue weighted by Gasteiger charge is 2.63. The second-order valence-electron chi connectivity index (χ2n) is 8.35. The van der Waals surface area contributed by atoms with Crippen molar-refractivity contribution in [2.75, 3.05) is 18.5 Å². The molecule has 3 aliphatic rings. The number of hydrogen-bond acceptors (Lipinski definition) is 3. The van der Waals surface area contributed by atoms with Crippen LogP contribution in [0.2, 0.25) is 0 Å². The molecule has 31 heavy (non-hydrogen) atoms. The minimum absolute atomic E-state index is 0.0152. The highest BCUT2D eigenvalue weighted by molar-refractivity contribution is 6.08. The van der Waals surface area contributed by atoms with E-state index in [0.717, 1.165) is 27.7 Å². The number of carbonyl (C=O) groups excluding carboxylic acids is 3. The molecule has 7 heteroatoms. The molecule has 6 rings (SSSR count). The van der Waals surface area contributed by atoms with Crippen LogP contribution in [-0.4, -0.2) is 52.3 Å². The van der Waals surface area contributed by atoms with Gasteiger partial charge in [0.1, 0.15) is 18.4 Å². The Hall–Kier alpha value is -3.87. The van der Waals surface area contributed by atoms with Gasteiger partial charge in [0, 0.05) is 31.1 Å².